The Hall–Kier alpha value is -2.57. The van der Waals surface area contributed by atoms with Crippen LogP contribution in [0.3, 0.4) is 0 Å². The average Bonchev–Trinajstić information content (AvgIpc) is 3.01. The van der Waals surface area contributed by atoms with Crippen molar-refractivity contribution in [3.8, 4) is 5.75 Å². The summed E-state index contributed by atoms with van der Waals surface area (Å²) in [6.07, 6.45) is 0. The highest BCUT2D eigenvalue weighted by Crippen LogP contribution is 2.51. The largest absolute Gasteiger partial charge is 0.462 e. The van der Waals surface area contributed by atoms with Crippen LogP contribution in [0.4, 0.5) is 4.39 Å². The van der Waals surface area contributed by atoms with Gasteiger partial charge in [0.25, 0.3) is 0 Å². The zero-order valence-corrected chi connectivity index (χ0v) is 15.9. The van der Waals surface area contributed by atoms with Gasteiger partial charge >= 0.3 is 5.97 Å². The number of fused-ring (bicyclic) bond motifs is 3. The normalized spacial score (nSPS) is 16.2. The topological polar surface area (TPSA) is 61.5 Å². The lowest BCUT2D eigenvalue weighted by molar-refractivity contribution is -0.139. The van der Waals surface area contributed by atoms with Crippen LogP contribution in [0.15, 0.2) is 53.9 Å². The zero-order valence-electron chi connectivity index (χ0n) is 14.3. The van der Waals surface area contributed by atoms with Crippen molar-refractivity contribution in [1.29, 1.82) is 0 Å². The molecule has 0 saturated carbocycles. The monoisotopic (exact) mass is 403 g/mol. The smallest absolute Gasteiger partial charge is 0.340 e. The Morgan fingerprint density at radius 1 is 1.30 bits per heavy atom. The fourth-order valence-electron chi connectivity index (χ4n) is 3.21. The lowest BCUT2D eigenvalue weighted by atomic mass is 9.87. The summed E-state index contributed by atoms with van der Waals surface area (Å²) in [5.41, 5.74) is 7.11. The molecule has 0 aliphatic carbocycles. The van der Waals surface area contributed by atoms with Crippen molar-refractivity contribution in [2.75, 3.05) is 6.61 Å². The van der Waals surface area contributed by atoms with E-state index in [2.05, 4.69) is 0 Å². The van der Waals surface area contributed by atoms with E-state index in [0.717, 1.165) is 5.56 Å². The third-order valence-electron chi connectivity index (χ3n) is 4.37. The molecule has 0 radical (unpaired) electrons. The number of benzene rings is 2. The molecule has 2 aromatic carbocycles. The van der Waals surface area contributed by atoms with Gasteiger partial charge < -0.3 is 15.2 Å². The maximum absolute atomic E-state index is 14.3. The molecule has 0 saturated heterocycles. The highest BCUT2D eigenvalue weighted by atomic mass is 35.5. The van der Waals surface area contributed by atoms with Crippen LogP contribution in [-0.2, 0) is 9.53 Å². The van der Waals surface area contributed by atoms with Gasteiger partial charge in [-0.1, -0.05) is 29.8 Å². The van der Waals surface area contributed by atoms with E-state index in [4.69, 9.17) is 26.8 Å². The van der Waals surface area contributed by atoms with E-state index in [1.807, 2.05) is 12.1 Å². The van der Waals surface area contributed by atoms with Gasteiger partial charge in [0.1, 0.15) is 11.4 Å². The predicted octanol–water partition coefficient (Wildman–Crippen LogP) is 4.95. The Morgan fingerprint density at radius 3 is 2.74 bits per heavy atom. The molecule has 1 aromatic heterocycles. The van der Waals surface area contributed by atoms with Crippen LogP contribution < -0.4 is 10.5 Å². The van der Waals surface area contributed by atoms with Gasteiger partial charge in [-0.3, -0.25) is 0 Å². The van der Waals surface area contributed by atoms with Crippen molar-refractivity contribution in [2.45, 2.75) is 12.8 Å². The van der Waals surface area contributed by atoms with Gasteiger partial charge in [-0.2, -0.15) is 0 Å². The number of nitrogens with two attached hydrogens (primary N) is 1. The molecule has 2 N–H and O–H groups in total. The van der Waals surface area contributed by atoms with Crippen molar-refractivity contribution in [1.82, 2.24) is 0 Å². The standard InChI is InChI=1S/C20H15ClFNO3S/c1-2-25-20(24)15-14(10-6-8-11(21)9-7-10)18-16(26-19(15)23)12-4-3-5-13(22)17(12)27-18/h3-9,14H,2,23H2,1H3. The van der Waals surface area contributed by atoms with Crippen molar-refractivity contribution >= 4 is 39.0 Å². The summed E-state index contributed by atoms with van der Waals surface area (Å²) < 4.78 is 25.7. The molecule has 138 valence electrons. The quantitative estimate of drug-likeness (QED) is 0.628. The lowest BCUT2D eigenvalue weighted by Gasteiger charge is -2.26. The van der Waals surface area contributed by atoms with E-state index in [0.29, 0.717) is 25.7 Å². The number of thiophene rings is 1. The summed E-state index contributed by atoms with van der Waals surface area (Å²) in [6, 6.07) is 11.9. The van der Waals surface area contributed by atoms with Crippen LogP contribution in [0.5, 0.6) is 5.75 Å². The molecule has 1 aliphatic heterocycles. The van der Waals surface area contributed by atoms with E-state index in [-0.39, 0.29) is 23.9 Å². The number of hydrogen-bond donors (Lipinski definition) is 1. The van der Waals surface area contributed by atoms with Gasteiger partial charge in [-0.05, 0) is 36.8 Å². The maximum atomic E-state index is 14.3. The van der Waals surface area contributed by atoms with Crippen LogP contribution in [0, 0.1) is 5.82 Å². The number of carbonyl (C=O) groups is 1. The molecular formula is C20H15ClFNO3S. The minimum Gasteiger partial charge on any atom is -0.462 e. The number of halogens is 2. The summed E-state index contributed by atoms with van der Waals surface area (Å²) in [5.74, 6) is -0.994. The lowest BCUT2D eigenvalue weighted by Crippen LogP contribution is -2.26. The number of rotatable bonds is 3. The summed E-state index contributed by atoms with van der Waals surface area (Å²) in [7, 11) is 0. The first-order valence-corrected chi connectivity index (χ1v) is 9.51. The van der Waals surface area contributed by atoms with Crippen LogP contribution in [0.25, 0.3) is 10.1 Å². The van der Waals surface area contributed by atoms with Crippen molar-refractivity contribution in [2.24, 2.45) is 5.73 Å². The summed E-state index contributed by atoms with van der Waals surface area (Å²) >= 11 is 7.26. The first-order chi connectivity index (χ1) is 13.0. The van der Waals surface area contributed by atoms with Crippen LogP contribution in [0.2, 0.25) is 5.02 Å². The SMILES string of the molecule is CCOC(=O)C1=C(N)Oc2c(sc3c(F)cccc23)C1c1ccc(Cl)cc1. The van der Waals surface area contributed by atoms with E-state index >= 15 is 0 Å². The molecule has 7 heteroatoms. The van der Waals surface area contributed by atoms with E-state index < -0.39 is 11.9 Å². The van der Waals surface area contributed by atoms with Gasteiger partial charge in [0.05, 0.1) is 22.1 Å². The van der Waals surface area contributed by atoms with Crippen molar-refractivity contribution in [3.05, 3.63) is 75.2 Å². The van der Waals surface area contributed by atoms with E-state index in [9.17, 15) is 9.18 Å². The van der Waals surface area contributed by atoms with E-state index in [1.54, 1.807) is 31.2 Å². The average molecular weight is 404 g/mol. The van der Waals surface area contributed by atoms with Crippen molar-refractivity contribution in [3.63, 3.8) is 0 Å². The predicted molar refractivity (Wildman–Crippen MR) is 104 cm³/mol. The molecule has 27 heavy (non-hydrogen) atoms. The molecule has 0 spiro atoms. The minimum absolute atomic E-state index is 0.0372. The molecule has 1 aliphatic rings. The van der Waals surface area contributed by atoms with Gasteiger partial charge in [0.15, 0.2) is 5.75 Å². The Labute approximate surface area is 164 Å². The highest BCUT2D eigenvalue weighted by molar-refractivity contribution is 7.19. The third kappa shape index (κ3) is 2.95. The highest BCUT2D eigenvalue weighted by Gasteiger charge is 2.38. The second-order valence-corrected chi connectivity index (χ2v) is 7.49. The van der Waals surface area contributed by atoms with E-state index in [1.165, 1.54) is 17.4 Å². The second-order valence-electron chi connectivity index (χ2n) is 6.00. The Bertz CT molecular complexity index is 1070. The van der Waals surface area contributed by atoms with Crippen molar-refractivity contribution < 1.29 is 18.7 Å². The number of carbonyl (C=O) groups excluding carboxylic acids is 1. The van der Waals surface area contributed by atoms with Crippen LogP contribution >= 0.6 is 22.9 Å². The Balaban J connectivity index is 1.97. The summed E-state index contributed by atoms with van der Waals surface area (Å²) in [4.78, 5) is 13.3. The first kappa shape index (κ1) is 17.8. The summed E-state index contributed by atoms with van der Waals surface area (Å²) in [6.45, 7) is 1.92. The molecule has 4 nitrogen and oxygen atoms in total. The molecule has 1 unspecified atom stereocenters. The molecule has 4 rings (SSSR count). The first-order valence-electron chi connectivity index (χ1n) is 8.32. The van der Waals surface area contributed by atoms with Gasteiger partial charge in [0, 0.05) is 10.4 Å². The molecule has 0 bridgehead atoms. The van der Waals surface area contributed by atoms with Gasteiger partial charge in [-0.15, -0.1) is 11.3 Å². The maximum Gasteiger partial charge on any atom is 0.340 e. The fraction of sp³-hybridized carbons (Fsp3) is 0.150. The second kappa shape index (κ2) is 6.87. The molecular weight excluding hydrogens is 389 g/mol. The van der Waals surface area contributed by atoms with Crippen LogP contribution in [0.1, 0.15) is 23.3 Å². The Morgan fingerprint density at radius 2 is 2.04 bits per heavy atom. The Kier molecular flexibility index (Phi) is 4.53. The zero-order chi connectivity index (χ0) is 19.1. The summed E-state index contributed by atoms with van der Waals surface area (Å²) in [5, 5.41) is 1.20. The minimum atomic E-state index is -0.557. The number of esters is 1. The number of hydrogen-bond acceptors (Lipinski definition) is 5. The fourth-order valence-corrected chi connectivity index (χ4v) is 4.61. The molecule has 2 heterocycles. The molecule has 1 atom stereocenters. The van der Waals surface area contributed by atoms with Crippen LogP contribution in [-0.4, -0.2) is 12.6 Å². The van der Waals surface area contributed by atoms with Gasteiger partial charge in [-0.25, -0.2) is 9.18 Å². The molecule has 0 amide bonds. The molecule has 3 aromatic rings. The third-order valence-corrected chi connectivity index (χ3v) is 5.89. The molecule has 0 fully saturated rings. The van der Waals surface area contributed by atoms with Gasteiger partial charge in [0.2, 0.25) is 5.88 Å². The number of ether oxygens (including phenoxy) is 2.